The van der Waals surface area contributed by atoms with E-state index in [0.29, 0.717) is 23.5 Å². The Labute approximate surface area is 158 Å². The number of anilines is 2. The van der Waals surface area contributed by atoms with Crippen LogP contribution in [0.4, 0.5) is 11.4 Å². The second-order valence-corrected chi connectivity index (χ2v) is 6.17. The summed E-state index contributed by atoms with van der Waals surface area (Å²) in [6, 6.07) is 13.7. The molecule has 0 aliphatic heterocycles. The molecule has 0 spiro atoms. The lowest BCUT2D eigenvalue weighted by Gasteiger charge is -2.08. The summed E-state index contributed by atoms with van der Waals surface area (Å²) >= 11 is 0. The molecule has 2 amide bonds. The molecule has 0 unspecified atom stereocenters. The van der Waals surface area contributed by atoms with Gasteiger partial charge in [0.25, 0.3) is 0 Å². The van der Waals surface area contributed by atoms with Crippen molar-refractivity contribution in [2.75, 3.05) is 17.2 Å². The average molecular weight is 368 g/mol. The van der Waals surface area contributed by atoms with Gasteiger partial charge in [-0.25, -0.2) is 4.79 Å². The lowest BCUT2D eigenvalue weighted by molar-refractivity contribution is -0.116. The van der Waals surface area contributed by atoms with Crippen LogP contribution in [0.5, 0.6) is 0 Å². The molecule has 0 saturated carbocycles. The van der Waals surface area contributed by atoms with Crippen LogP contribution in [-0.2, 0) is 20.7 Å². The Bertz CT molecular complexity index is 783. The number of benzene rings is 2. The molecule has 142 valence electrons. The largest absolute Gasteiger partial charge is 0.462 e. The molecule has 6 nitrogen and oxygen atoms in total. The molecule has 0 aromatic heterocycles. The zero-order valence-electron chi connectivity index (χ0n) is 15.6. The number of rotatable bonds is 8. The van der Waals surface area contributed by atoms with Crippen LogP contribution in [0.1, 0.15) is 42.6 Å². The molecule has 0 bridgehead atoms. The van der Waals surface area contributed by atoms with E-state index >= 15 is 0 Å². The molecule has 0 aliphatic carbocycles. The van der Waals surface area contributed by atoms with Crippen molar-refractivity contribution in [3.05, 3.63) is 59.7 Å². The van der Waals surface area contributed by atoms with Crippen molar-refractivity contribution in [3.63, 3.8) is 0 Å². The number of amides is 2. The fraction of sp³-hybridized carbons (Fsp3) is 0.286. The third kappa shape index (κ3) is 6.93. The van der Waals surface area contributed by atoms with Gasteiger partial charge in [0.15, 0.2) is 0 Å². The molecule has 2 aromatic carbocycles. The molecule has 6 heteroatoms. The Morgan fingerprint density at radius 3 is 2.07 bits per heavy atom. The van der Waals surface area contributed by atoms with Gasteiger partial charge in [-0.05, 0) is 48.4 Å². The first kappa shape index (κ1) is 20.2. The van der Waals surface area contributed by atoms with E-state index < -0.39 is 0 Å². The monoisotopic (exact) mass is 368 g/mol. The maximum Gasteiger partial charge on any atom is 0.338 e. The summed E-state index contributed by atoms with van der Waals surface area (Å²) in [5.74, 6) is -0.667. The van der Waals surface area contributed by atoms with E-state index in [0.717, 1.165) is 18.4 Å². The van der Waals surface area contributed by atoms with Crippen molar-refractivity contribution >= 4 is 29.2 Å². The van der Waals surface area contributed by atoms with Crippen LogP contribution >= 0.6 is 0 Å². The Morgan fingerprint density at radius 1 is 0.889 bits per heavy atom. The van der Waals surface area contributed by atoms with Crippen molar-refractivity contribution in [2.24, 2.45) is 0 Å². The minimum Gasteiger partial charge on any atom is -0.462 e. The molecule has 2 N–H and O–H groups in total. The molecule has 0 heterocycles. The zero-order valence-corrected chi connectivity index (χ0v) is 15.6. The normalized spacial score (nSPS) is 10.1. The van der Waals surface area contributed by atoms with Crippen LogP contribution in [-0.4, -0.2) is 24.4 Å². The molecular formula is C21H24N2O4. The van der Waals surface area contributed by atoms with E-state index in [9.17, 15) is 14.4 Å². The predicted molar refractivity (Wildman–Crippen MR) is 105 cm³/mol. The first-order chi connectivity index (χ1) is 13.0. The topological polar surface area (TPSA) is 84.5 Å². The SMILES string of the molecule is CCCCOC(=O)c1ccc(NC(=O)Cc2ccc(NC(C)=O)cc2)cc1. The predicted octanol–water partition coefficient (Wildman–Crippen LogP) is 3.78. The van der Waals surface area contributed by atoms with Gasteiger partial charge in [-0.2, -0.15) is 0 Å². The van der Waals surface area contributed by atoms with Gasteiger partial charge in [0.2, 0.25) is 11.8 Å². The Balaban J connectivity index is 1.86. The van der Waals surface area contributed by atoms with Gasteiger partial charge in [-0.15, -0.1) is 0 Å². The number of carbonyl (C=O) groups excluding carboxylic acids is 3. The van der Waals surface area contributed by atoms with Gasteiger partial charge in [-0.3, -0.25) is 9.59 Å². The van der Waals surface area contributed by atoms with E-state index in [1.807, 2.05) is 6.92 Å². The summed E-state index contributed by atoms with van der Waals surface area (Å²) in [5, 5.41) is 5.47. The summed E-state index contributed by atoms with van der Waals surface area (Å²) in [6.07, 6.45) is 2.01. The van der Waals surface area contributed by atoms with Crippen LogP contribution in [0.15, 0.2) is 48.5 Å². The fourth-order valence-corrected chi connectivity index (χ4v) is 2.38. The maximum atomic E-state index is 12.2. The lowest BCUT2D eigenvalue weighted by Crippen LogP contribution is -2.14. The molecule has 0 atom stereocenters. The van der Waals surface area contributed by atoms with Crippen LogP contribution in [0.2, 0.25) is 0 Å². The number of esters is 1. The van der Waals surface area contributed by atoms with Gasteiger partial charge in [-0.1, -0.05) is 25.5 Å². The number of hydrogen-bond acceptors (Lipinski definition) is 4. The van der Waals surface area contributed by atoms with E-state index in [4.69, 9.17) is 4.74 Å². The second-order valence-electron chi connectivity index (χ2n) is 6.17. The Hall–Kier alpha value is -3.15. The Morgan fingerprint density at radius 2 is 1.48 bits per heavy atom. The van der Waals surface area contributed by atoms with Crippen molar-refractivity contribution in [3.8, 4) is 0 Å². The van der Waals surface area contributed by atoms with Gasteiger partial charge >= 0.3 is 5.97 Å². The standard InChI is InChI=1S/C21H24N2O4/c1-3-4-13-27-21(26)17-7-11-19(12-8-17)23-20(25)14-16-5-9-18(10-6-16)22-15(2)24/h5-12H,3-4,13-14H2,1-2H3,(H,22,24)(H,23,25). The minimum atomic E-state index is -0.361. The average Bonchev–Trinajstić information content (AvgIpc) is 2.63. The van der Waals surface area contributed by atoms with Crippen molar-refractivity contribution in [2.45, 2.75) is 33.1 Å². The zero-order chi connectivity index (χ0) is 19.6. The van der Waals surface area contributed by atoms with Crippen molar-refractivity contribution in [1.82, 2.24) is 0 Å². The number of hydrogen-bond donors (Lipinski definition) is 2. The first-order valence-corrected chi connectivity index (χ1v) is 8.91. The van der Waals surface area contributed by atoms with Crippen LogP contribution in [0.25, 0.3) is 0 Å². The van der Waals surface area contributed by atoms with E-state index in [-0.39, 0.29) is 24.2 Å². The van der Waals surface area contributed by atoms with Crippen molar-refractivity contribution in [1.29, 1.82) is 0 Å². The van der Waals surface area contributed by atoms with Gasteiger partial charge in [0.1, 0.15) is 0 Å². The summed E-state index contributed by atoms with van der Waals surface area (Å²) in [7, 11) is 0. The number of unbranched alkanes of at least 4 members (excludes halogenated alkanes) is 1. The summed E-state index contributed by atoms with van der Waals surface area (Å²) in [4.78, 5) is 35.0. The Kier molecular flexibility index (Phi) is 7.55. The highest BCUT2D eigenvalue weighted by Gasteiger charge is 2.08. The molecule has 0 saturated heterocycles. The van der Waals surface area contributed by atoms with Gasteiger partial charge in [0.05, 0.1) is 18.6 Å². The maximum absolute atomic E-state index is 12.2. The number of carbonyl (C=O) groups is 3. The highest BCUT2D eigenvalue weighted by atomic mass is 16.5. The van der Waals surface area contributed by atoms with E-state index in [2.05, 4.69) is 10.6 Å². The van der Waals surface area contributed by atoms with Crippen LogP contribution < -0.4 is 10.6 Å². The van der Waals surface area contributed by atoms with Gasteiger partial charge < -0.3 is 15.4 Å². The summed E-state index contributed by atoms with van der Waals surface area (Å²) < 4.78 is 5.15. The molecule has 2 aromatic rings. The van der Waals surface area contributed by atoms with E-state index in [1.54, 1.807) is 48.5 Å². The first-order valence-electron chi connectivity index (χ1n) is 8.91. The molecule has 27 heavy (non-hydrogen) atoms. The molecule has 2 rings (SSSR count). The molecule has 0 fully saturated rings. The highest BCUT2D eigenvalue weighted by molar-refractivity contribution is 5.94. The summed E-state index contributed by atoms with van der Waals surface area (Å²) in [6.45, 7) is 3.88. The third-order valence-corrected chi connectivity index (χ3v) is 3.77. The van der Waals surface area contributed by atoms with E-state index in [1.165, 1.54) is 6.92 Å². The number of nitrogens with one attached hydrogen (secondary N) is 2. The van der Waals surface area contributed by atoms with Crippen LogP contribution in [0.3, 0.4) is 0 Å². The summed E-state index contributed by atoms with van der Waals surface area (Å²) in [5.41, 5.74) is 2.59. The molecule has 0 aliphatic rings. The smallest absolute Gasteiger partial charge is 0.338 e. The fourth-order valence-electron chi connectivity index (χ4n) is 2.38. The third-order valence-electron chi connectivity index (χ3n) is 3.77. The van der Waals surface area contributed by atoms with Crippen LogP contribution in [0, 0.1) is 0 Å². The van der Waals surface area contributed by atoms with Crippen molar-refractivity contribution < 1.29 is 19.1 Å². The van der Waals surface area contributed by atoms with Gasteiger partial charge in [0, 0.05) is 18.3 Å². The highest BCUT2D eigenvalue weighted by Crippen LogP contribution is 2.13. The molecule has 0 radical (unpaired) electrons. The number of ether oxygens (including phenoxy) is 1. The quantitative estimate of drug-likeness (QED) is 0.548. The lowest BCUT2D eigenvalue weighted by atomic mass is 10.1. The molecular weight excluding hydrogens is 344 g/mol. The minimum absolute atomic E-state index is 0.141. The second kappa shape index (κ2) is 10.1.